The van der Waals surface area contributed by atoms with Crippen LogP contribution >= 0.6 is 35.0 Å². The minimum Gasteiger partial charge on any atom is -0.497 e. The molecule has 2 aromatic rings. The fourth-order valence-electron chi connectivity index (χ4n) is 2.90. The van der Waals surface area contributed by atoms with Crippen LogP contribution in [0.15, 0.2) is 42.5 Å². The van der Waals surface area contributed by atoms with Crippen LogP contribution in [0.2, 0.25) is 10.0 Å². The third-order valence-corrected chi connectivity index (χ3v) is 6.34. The van der Waals surface area contributed by atoms with E-state index in [1.165, 1.54) is 16.7 Å². The molecule has 2 aromatic carbocycles. The van der Waals surface area contributed by atoms with Gasteiger partial charge in [0.25, 0.3) is 0 Å². The van der Waals surface area contributed by atoms with E-state index in [0.29, 0.717) is 21.4 Å². The second-order valence-corrected chi connectivity index (χ2v) is 9.20. The number of ether oxygens (including phenoxy) is 1. The van der Waals surface area contributed by atoms with Gasteiger partial charge in [-0.25, -0.2) is 0 Å². The number of nitrogens with zero attached hydrogens (tertiary/aromatic N) is 1. The average molecular weight is 483 g/mol. The molecule has 0 fully saturated rings. The third kappa shape index (κ3) is 7.63. The van der Waals surface area contributed by atoms with Gasteiger partial charge in [0.2, 0.25) is 11.8 Å². The van der Waals surface area contributed by atoms with Gasteiger partial charge >= 0.3 is 0 Å². The van der Waals surface area contributed by atoms with Gasteiger partial charge in [-0.1, -0.05) is 41.4 Å². The van der Waals surface area contributed by atoms with Crippen molar-refractivity contribution in [3.8, 4) is 5.75 Å². The molecule has 2 rings (SSSR count). The number of benzene rings is 2. The van der Waals surface area contributed by atoms with Crippen molar-refractivity contribution in [2.24, 2.45) is 0 Å². The summed E-state index contributed by atoms with van der Waals surface area (Å²) < 4.78 is 5.17. The summed E-state index contributed by atoms with van der Waals surface area (Å²) in [4.78, 5) is 27.3. The summed E-state index contributed by atoms with van der Waals surface area (Å²) in [7, 11) is 1.62. The Bertz CT molecular complexity index is 871. The van der Waals surface area contributed by atoms with Gasteiger partial charge in [-0.3, -0.25) is 9.59 Å². The summed E-state index contributed by atoms with van der Waals surface area (Å²) in [6.07, 6.45) is 0. The minimum atomic E-state index is -0.663. The van der Waals surface area contributed by atoms with Crippen LogP contribution in [-0.4, -0.2) is 41.7 Å². The van der Waals surface area contributed by atoms with Crippen molar-refractivity contribution < 1.29 is 14.3 Å². The number of carbonyl (C=O) groups excluding carboxylic acids is 2. The molecule has 0 saturated heterocycles. The molecular weight excluding hydrogens is 455 g/mol. The molecule has 1 N–H and O–H groups in total. The first-order valence-electron chi connectivity index (χ1n) is 9.96. The summed E-state index contributed by atoms with van der Waals surface area (Å²) >= 11 is 14.1. The standard InChI is InChI=1S/C23H28Cl2N2O3S/c1-15(2)26-23(29)16(3)27(12-19-20(24)6-5-7-21(19)25)22(28)14-31-13-17-8-10-18(30-4)11-9-17/h5-11,15-16H,12-14H2,1-4H3,(H,26,29)/t16-/m0/s1. The fourth-order valence-corrected chi connectivity index (χ4v) is 4.29. The first-order valence-corrected chi connectivity index (χ1v) is 11.9. The molecule has 31 heavy (non-hydrogen) atoms. The van der Waals surface area contributed by atoms with Gasteiger partial charge in [0.1, 0.15) is 11.8 Å². The van der Waals surface area contributed by atoms with Gasteiger partial charge < -0.3 is 15.0 Å². The molecule has 0 aliphatic heterocycles. The maximum atomic E-state index is 13.1. The number of rotatable bonds is 10. The summed E-state index contributed by atoms with van der Waals surface area (Å²) in [5.41, 5.74) is 1.72. The van der Waals surface area contributed by atoms with E-state index >= 15 is 0 Å². The van der Waals surface area contributed by atoms with Crippen LogP contribution < -0.4 is 10.1 Å². The van der Waals surface area contributed by atoms with Crippen LogP contribution in [0.3, 0.4) is 0 Å². The molecular formula is C23H28Cl2N2O3S. The molecule has 0 spiro atoms. The van der Waals surface area contributed by atoms with Crippen LogP contribution in [0.1, 0.15) is 31.9 Å². The molecule has 0 aliphatic carbocycles. The molecule has 0 aliphatic rings. The monoisotopic (exact) mass is 482 g/mol. The number of halogens is 2. The lowest BCUT2D eigenvalue weighted by molar-refractivity contribution is -0.138. The zero-order valence-corrected chi connectivity index (χ0v) is 20.5. The number of methoxy groups -OCH3 is 1. The molecule has 1 atom stereocenters. The zero-order valence-electron chi connectivity index (χ0n) is 18.2. The fraction of sp³-hybridized carbons (Fsp3) is 0.391. The predicted octanol–water partition coefficient (Wildman–Crippen LogP) is 5.18. The van der Waals surface area contributed by atoms with Gasteiger partial charge in [0, 0.05) is 33.9 Å². The van der Waals surface area contributed by atoms with Gasteiger partial charge in [-0.05, 0) is 50.6 Å². The smallest absolute Gasteiger partial charge is 0.242 e. The molecule has 0 saturated carbocycles. The van der Waals surface area contributed by atoms with Crippen LogP contribution in [-0.2, 0) is 21.9 Å². The van der Waals surface area contributed by atoms with Crippen molar-refractivity contribution >= 4 is 46.8 Å². The van der Waals surface area contributed by atoms with Crippen molar-refractivity contribution in [2.45, 2.75) is 45.2 Å². The third-order valence-electron chi connectivity index (χ3n) is 4.64. The topological polar surface area (TPSA) is 58.6 Å². The Morgan fingerprint density at radius 3 is 2.23 bits per heavy atom. The first kappa shape index (κ1) is 25.4. The summed E-state index contributed by atoms with van der Waals surface area (Å²) in [6.45, 7) is 5.64. The lowest BCUT2D eigenvalue weighted by Crippen LogP contribution is -2.49. The molecule has 0 unspecified atom stereocenters. The van der Waals surface area contributed by atoms with Gasteiger partial charge in [-0.2, -0.15) is 0 Å². The zero-order chi connectivity index (χ0) is 23.0. The molecule has 0 heterocycles. The number of hydrogen-bond donors (Lipinski definition) is 1. The van der Waals surface area contributed by atoms with Gasteiger partial charge in [0.05, 0.1) is 12.9 Å². The Hall–Kier alpha value is -1.89. The Kier molecular flexibility index (Phi) is 10.0. The van der Waals surface area contributed by atoms with E-state index in [2.05, 4.69) is 5.32 Å². The van der Waals surface area contributed by atoms with E-state index in [0.717, 1.165) is 11.3 Å². The van der Waals surface area contributed by atoms with Gasteiger partial charge in [-0.15, -0.1) is 11.8 Å². The summed E-state index contributed by atoms with van der Waals surface area (Å²) in [5.74, 6) is 1.32. The van der Waals surface area contributed by atoms with E-state index in [-0.39, 0.29) is 30.2 Å². The highest BCUT2D eigenvalue weighted by Gasteiger charge is 2.27. The van der Waals surface area contributed by atoms with E-state index in [1.54, 1.807) is 32.2 Å². The number of thioether (sulfide) groups is 1. The van der Waals surface area contributed by atoms with Crippen molar-refractivity contribution in [3.05, 3.63) is 63.6 Å². The number of carbonyl (C=O) groups is 2. The van der Waals surface area contributed by atoms with E-state index in [1.807, 2.05) is 38.1 Å². The highest BCUT2D eigenvalue weighted by atomic mass is 35.5. The van der Waals surface area contributed by atoms with E-state index in [9.17, 15) is 9.59 Å². The molecule has 8 heteroatoms. The van der Waals surface area contributed by atoms with Crippen LogP contribution in [0, 0.1) is 0 Å². The number of nitrogens with one attached hydrogen (secondary N) is 1. The summed E-state index contributed by atoms with van der Waals surface area (Å²) in [5, 5.41) is 3.80. The van der Waals surface area contributed by atoms with E-state index < -0.39 is 6.04 Å². The first-order chi connectivity index (χ1) is 14.7. The molecule has 5 nitrogen and oxygen atoms in total. The van der Waals surface area contributed by atoms with E-state index in [4.69, 9.17) is 27.9 Å². The quantitative estimate of drug-likeness (QED) is 0.506. The Labute approximate surface area is 198 Å². The maximum Gasteiger partial charge on any atom is 0.242 e. The van der Waals surface area contributed by atoms with Crippen molar-refractivity contribution in [1.29, 1.82) is 0 Å². The second kappa shape index (κ2) is 12.2. The van der Waals surface area contributed by atoms with Gasteiger partial charge in [0.15, 0.2) is 0 Å². The lowest BCUT2D eigenvalue weighted by atomic mass is 10.1. The summed E-state index contributed by atoms with van der Waals surface area (Å²) in [6, 6.07) is 12.2. The highest BCUT2D eigenvalue weighted by Crippen LogP contribution is 2.27. The molecule has 0 bridgehead atoms. The Balaban J connectivity index is 2.11. The predicted molar refractivity (Wildman–Crippen MR) is 129 cm³/mol. The largest absolute Gasteiger partial charge is 0.497 e. The number of hydrogen-bond acceptors (Lipinski definition) is 4. The second-order valence-electron chi connectivity index (χ2n) is 7.40. The van der Waals surface area contributed by atoms with Crippen molar-refractivity contribution in [1.82, 2.24) is 10.2 Å². The van der Waals surface area contributed by atoms with Crippen LogP contribution in [0.4, 0.5) is 0 Å². The highest BCUT2D eigenvalue weighted by molar-refractivity contribution is 7.99. The number of amides is 2. The molecule has 2 amide bonds. The van der Waals surface area contributed by atoms with Crippen LogP contribution in [0.5, 0.6) is 5.75 Å². The Morgan fingerprint density at radius 2 is 1.68 bits per heavy atom. The van der Waals surface area contributed by atoms with Crippen molar-refractivity contribution in [3.63, 3.8) is 0 Å². The average Bonchev–Trinajstić information content (AvgIpc) is 2.73. The Morgan fingerprint density at radius 1 is 1.06 bits per heavy atom. The molecule has 0 radical (unpaired) electrons. The SMILES string of the molecule is COc1ccc(CSCC(=O)N(Cc2c(Cl)cccc2Cl)[C@@H](C)C(=O)NC(C)C)cc1. The lowest BCUT2D eigenvalue weighted by Gasteiger charge is -2.30. The molecule has 168 valence electrons. The maximum absolute atomic E-state index is 13.1. The minimum absolute atomic E-state index is 0.0275. The molecule has 0 aromatic heterocycles. The normalized spacial score (nSPS) is 11.8. The van der Waals surface area contributed by atoms with Crippen molar-refractivity contribution in [2.75, 3.05) is 12.9 Å². The van der Waals surface area contributed by atoms with Crippen LogP contribution in [0.25, 0.3) is 0 Å².